The van der Waals surface area contributed by atoms with Gasteiger partial charge in [0.15, 0.2) is 0 Å². The molecule has 52 valence electrons. The van der Waals surface area contributed by atoms with Crippen LogP contribution in [0.5, 0.6) is 0 Å². The molecule has 1 nitrogen and oxygen atoms in total. The van der Waals surface area contributed by atoms with Crippen molar-refractivity contribution in [1.29, 1.82) is 0 Å². The van der Waals surface area contributed by atoms with Gasteiger partial charge in [-0.25, -0.2) is 0 Å². The molecule has 0 aliphatic rings. The number of nitrogens with two attached hydrogens (primary N) is 1. The molecular weight excluding hydrogens is 110 g/mol. The lowest BCUT2D eigenvalue weighted by Gasteiger charge is -2.01. The molecule has 2 N–H and O–H groups in total. The molecule has 0 fully saturated rings. The Morgan fingerprint density at radius 1 is 1.44 bits per heavy atom. The van der Waals surface area contributed by atoms with Gasteiger partial charge in [0, 0.05) is 5.70 Å². The van der Waals surface area contributed by atoms with Crippen molar-refractivity contribution in [3.8, 4) is 0 Å². The van der Waals surface area contributed by atoms with E-state index in [1.165, 1.54) is 5.57 Å². The van der Waals surface area contributed by atoms with E-state index in [4.69, 9.17) is 5.73 Å². The summed E-state index contributed by atoms with van der Waals surface area (Å²) in [4.78, 5) is 0. The van der Waals surface area contributed by atoms with Gasteiger partial charge in [-0.2, -0.15) is 0 Å². The van der Waals surface area contributed by atoms with Crippen LogP contribution in [-0.2, 0) is 0 Å². The fraction of sp³-hybridized carbons (Fsp3) is 0.500. The second-order valence-corrected chi connectivity index (χ2v) is 1.97. The van der Waals surface area contributed by atoms with E-state index in [0.717, 1.165) is 18.5 Å². The zero-order chi connectivity index (χ0) is 7.28. The molecule has 0 aliphatic carbocycles. The molecule has 0 aromatic heterocycles. The molecule has 0 unspecified atom stereocenters. The Morgan fingerprint density at radius 2 is 1.89 bits per heavy atom. The van der Waals surface area contributed by atoms with Crippen molar-refractivity contribution in [2.24, 2.45) is 5.73 Å². The number of rotatable bonds is 3. The van der Waals surface area contributed by atoms with Crippen LogP contribution in [0.25, 0.3) is 0 Å². The van der Waals surface area contributed by atoms with Crippen LogP contribution >= 0.6 is 0 Å². The van der Waals surface area contributed by atoms with Gasteiger partial charge in [-0.1, -0.05) is 20.4 Å². The van der Waals surface area contributed by atoms with Crippen LogP contribution in [0.4, 0.5) is 0 Å². The van der Waals surface area contributed by atoms with Gasteiger partial charge in [0.2, 0.25) is 0 Å². The van der Waals surface area contributed by atoms with Crippen LogP contribution < -0.4 is 5.73 Å². The highest BCUT2D eigenvalue weighted by atomic mass is 14.6. The molecule has 0 atom stereocenters. The van der Waals surface area contributed by atoms with Crippen LogP contribution in [0.2, 0.25) is 0 Å². The number of hydrogen-bond acceptors (Lipinski definition) is 1. The summed E-state index contributed by atoms with van der Waals surface area (Å²) >= 11 is 0. The second-order valence-electron chi connectivity index (χ2n) is 1.97. The van der Waals surface area contributed by atoms with Crippen LogP contribution in [0.1, 0.15) is 26.7 Å². The standard InChI is InChI=1S/C8H15N/c1-4-7(5-2)8(9)6-3/h6H,3-5,9H2,1-2H3. The van der Waals surface area contributed by atoms with Gasteiger partial charge in [0.1, 0.15) is 0 Å². The molecule has 9 heavy (non-hydrogen) atoms. The minimum absolute atomic E-state index is 0.847. The summed E-state index contributed by atoms with van der Waals surface area (Å²) in [6.45, 7) is 7.81. The monoisotopic (exact) mass is 125 g/mol. The second kappa shape index (κ2) is 4.19. The third-order valence-corrected chi connectivity index (χ3v) is 1.48. The van der Waals surface area contributed by atoms with Gasteiger partial charge >= 0.3 is 0 Å². The zero-order valence-corrected chi connectivity index (χ0v) is 6.28. The summed E-state index contributed by atoms with van der Waals surface area (Å²) in [5.74, 6) is 0. The molecule has 0 aromatic carbocycles. The topological polar surface area (TPSA) is 26.0 Å². The SMILES string of the molecule is C=CC(N)=C(CC)CC. The van der Waals surface area contributed by atoms with Gasteiger partial charge in [-0.3, -0.25) is 0 Å². The van der Waals surface area contributed by atoms with Gasteiger partial charge < -0.3 is 5.73 Å². The molecule has 0 amide bonds. The number of allylic oxidation sites excluding steroid dienone is 2. The first-order valence-corrected chi connectivity index (χ1v) is 3.36. The summed E-state index contributed by atoms with van der Waals surface area (Å²) in [6.07, 6.45) is 3.78. The summed E-state index contributed by atoms with van der Waals surface area (Å²) in [6, 6.07) is 0. The minimum Gasteiger partial charge on any atom is -0.399 e. The normalized spacial score (nSPS) is 8.67. The predicted octanol–water partition coefficient (Wildman–Crippen LogP) is 2.21. The molecule has 0 radical (unpaired) electrons. The molecule has 0 saturated carbocycles. The van der Waals surface area contributed by atoms with Crippen molar-refractivity contribution in [3.63, 3.8) is 0 Å². The van der Waals surface area contributed by atoms with Gasteiger partial charge in [-0.15, -0.1) is 0 Å². The van der Waals surface area contributed by atoms with Crippen molar-refractivity contribution in [3.05, 3.63) is 23.9 Å². The Hall–Kier alpha value is -0.720. The third kappa shape index (κ3) is 2.36. The van der Waals surface area contributed by atoms with E-state index < -0.39 is 0 Å². The molecule has 0 saturated heterocycles. The molecule has 0 aliphatic heterocycles. The van der Waals surface area contributed by atoms with E-state index in [2.05, 4.69) is 20.4 Å². The molecule has 0 aromatic rings. The third-order valence-electron chi connectivity index (χ3n) is 1.48. The molecule has 0 bridgehead atoms. The van der Waals surface area contributed by atoms with E-state index in [9.17, 15) is 0 Å². The molecule has 0 spiro atoms. The van der Waals surface area contributed by atoms with E-state index in [1.54, 1.807) is 6.08 Å². The highest BCUT2D eigenvalue weighted by Gasteiger charge is 1.92. The van der Waals surface area contributed by atoms with Gasteiger partial charge in [0.25, 0.3) is 0 Å². The summed E-state index contributed by atoms with van der Waals surface area (Å²) in [5.41, 5.74) is 7.74. The Labute approximate surface area is 57.3 Å². The smallest absolute Gasteiger partial charge is 0.0299 e. The summed E-state index contributed by atoms with van der Waals surface area (Å²) < 4.78 is 0. The maximum atomic E-state index is 5.60. The number of hydrogen-bond donors (Lipinski definition) is 1. The van der Waals surface area contributed by atoms with Crippen molar-refractivity contribution in [2.75, 3.05) is 0 Å². The Kier molecular flexibility index (Phi) is 3.85. The lowest BCUT2D eigenvalue weighted by Crippen LogP contribution is -1.97. The maximum Gasteiger partial charge on any atom is 0.0299 e. The first kappa shape index (κ1) is 8.28. The average Bonchev–Trinajstić information content (AvgIpc) is 1.90. The van der Waals surface area contributed by atoms with Crippen LogP contribution in [0, 0.1) is 0 Å². The van der Waals surface area contributed by atoms with Crippen molar-refractivity contribution in [1.82, 2.24) is 0 Å². The molecular formula is C8H15N. The van der Waals surface area contributed by atoms with Crippen LogP contribution in [0.15, 0.2) is 23.9 Å². The lowest BCUT2D eigenvalue weighted by atomic mass is 10.1. The van der Waals surface area contributed by atoms with E-state index in [0.29, 0.717) is 0 Å². The first-order chi connectivity index (χ1) is 4.26. The molecule has 0 rings (SSSR count). The summed E-state index contributed by atoms with van der Waals surface area (Å²) in [5, 5.41) is 0. The van der Waals surface area contributed by atoms with Crippen molar-refractivity contribution >= 4 is 0 Å². The largest absolute Gasteiger partial charge is 0.399 e. The van der Waals surface area contributed by atoms with Gasteiger partial charge in [0.05, 0.1) is 0 Å². The fourth-order valence-corrected chi connectivity index (χ4v) is 0.803. The summed E-state index contributed by atoms with van der Waals surface area (Å²) in [7, 11) is 0. The van der Waals surface area contributed by atoms with Crippen molar-refractivity contribution < 1.29 is 0 Å². The van der Waals surface area contributed by atoms with E-state index in [1.807, 2.05) is 0 Å². The maximum absolute atomic E-state index is 5.60. The highest BCUT2D eigenvalue weighted by molar-refractivity contribution is 5.20. The van der Waals surface area contributed by atoms with Crippen LogP contribution in [-0.4, -0.2) is 0 Å². The Bertz CT molecular complexity index is 117. The molecule has 1 heteroatoms. The Morgan fingerprint density at radius 3 is 2.00 bits per heavy atom. The average molecular weight is 125 g/mol. The molecule has 0 heterocycles. The zero-order valence-electron chi connectivity index (χ0n) is 6.28. The van der Waals surface area contributed by atoms with E-state index in [-0.39, 0.29) is 0 Å². The van der Waals surface area contributed by atoms with Crippen LogP contribution in [0.3, 0.4) is 0 Å². The Balaban J connectivity index is 4.17. The first-order valence-electron chi connectivity index (χ1n) is 3.36. The minimum atomic E-state index is 0.847. The quantitative estimate of drug-likeness (QED) is 0.575. The lowest BCUT2D eigenvalue weighted by molar-refractivity contribution is 0.951. The fourth-order valence-electron chi connectivity index (χ4n) is 0.803. The van der Waals surface area contributed by atoms with Gasteiger partial charge in [-0.05, 0) is 24.5 Å². The van der Waals surface area contributed by atoms with Crippen molar-refractivity contribution in [2.45, 2.75) is 26.7 Å². The predicted molar refractivity (Wildman–Crippen MR) is 42.0 cm³/mol. The highest BCUT2D eigenvalue weighted by Crippen LogP contribution is 2.08. The van der Waals surface area contributed by atoms with E-state index >= 15 is 0 Å².